The lowest BCUT2D eigenvalue weighted by Crippen LogP contribution is -1.98. The Morgan fingerprint density at radius 3 is 2.58 bits per heavy atom. The molecule has 98 valence electrons. The summed E-state index contributed by atoms with van der Waals surface area (Å²) in [5.41, 5.74) is 3.74. The molecular formula is C12H10FN3O3. The number of rotatable bonds is 4. The maximum atomic E-state index is 12.7. The van der Waals surface area contributed by atoms with Gasteiger partial charge in [0.2, 0.25) is 0 Å². The molecule has 0 saturated heterocycles. The summed E-state index contributed by atoms with van der Waals surface area (Å²) in [5, 5.41) is 14.5. The van der Waals surface area contributed by atoms with Crippen LogP contribution in [-0.2, 0) is 0 Å². The van der Waals surface area contributed by atoms with Gasteiger partial charge in [-0.05, 0) is 37.3 Å². The van der Waals surface area contributed by atoms with E-state index in [1.54, 1.807) is 6.92 Å². The molecule has 0 bridgehead atoms. The fraction of sp³-hybridized carbons (Fsp3) is 0.0833. The zero-order valence-corrected chi connectivity index (χ0v) is 9.96. The minimum atomic E-state index is -0.621. The Hall–Kier alpha value is -2.70. The molecule has 19 heavy (non-hydrogen) atoms. The molecule has 0 fully saturated rings. The van der Waals surface area contributed by atoms with Gasteiger partial charge in [0, 0.05) is 0 Å². The van der Waals surface area contributed by atoms with E-state index in [0.29, 0.717) is 17.2 Å². The molecule has 0 radical (unpaired) electrons. The highest BCUT2D eigenvalue weighted by Crippen LogP contribution is 2.16. The van der Waals surface area contributed by atoms with Gasteiger partial charge in [-0.25, -0.2) is 4.39 Å². The van der Waals surface area contributed by atoms with Gasteiger partial charge >= 0.3 is 5.88 Å². The topological polar surface area (TPSA) is 80.7 Å². The Morgan fingerprint density at radius 1 is 1.32 bits per heavy atom. The molecule has 2 aromatic rings. The SMILES string of the molecule is CC(=NNc1ccc(F)cc1)c1ccc([N+](=O)[O-])o1. The van der Waals surface area contributed by atoms with Crippen molar-refractivity contribution in [2.24, 2.45) is 5.10 Å². The van der Waals surface area contributed by atoms with Crippen LogP contribution in [0.1, 0.15) is 12.7 Å². The number of hydrogen-bond acceptors (Lipinski definition) is 5. The van der Waals surface area contributed by atoms with E-state index in [1.807, 2.05) is 0 Å². The van der Waals surface area contributed by atoms with Crippen molar-refractivity contribution in [3.8, 4) is 0 Å². The first-order valence-corrected chi connectivity index (χ1v) is 5.37. The van der Waals surface area contributed by atoms with Crippen molar-refractivity contribution in [1.82, 2.24) is 0 Å². The average Bonchev–Trinajstić information content (AvgIpc) is 2.87. The second-order valence-corrected chi connectivity index (χ2v) is 3.71. The standard InChI is InChI=1S/C12H10FN3O3/c1-8(11-6-7-12(19-11)16(17)18)14-15-10-4-2-9(13)3-5-10/h2-7,15H,1H3. The van der Waals surface area contributed by atoms with Gasteiger partial charge in [0.1, 0.15) is 16.5 Å². The first-order chi connectivity index (χ1) is 9.06. The van der Waals surface area contributed by atoms with Gasteiger partial charge in [0.05, 0.1) is 11.8 Å². The molecule has 1 heterocycles. The number of nitrogens with zero attached hydrogens (tertiary/aromatic N) is 2. The molecule has 0 aliphatic rings. The van der Waals surface area contributed by atoms with Gasteiger partial charge in [-0.2, -0.15) is 5.10 Å². The van der Waals surface area contributed by atoms with Crippen molar-refractivity contribution in [2.75, 3.05) is 5.43 Å². The summed E-state index contributed by atoms with van der Waals surface area (Å²) < 4.78 is 17.7. The molecule has 0 saturated carbocycles. The van der Waals surface area contributed by atoms with Crippen molar-refractivity contribution < 1.29 is 13.7 Å². The summed E-state index contributed by atoms with van der Waals surface area (Å²) in [7, 11) is 0. The Balaban J connectivity index is 2.09. The van der Waals surface area contributed by atoms with Crippen molar-refractivity contribution in [3.63, 3.8) is 0 Å². The van der Waals surface area contributed by atoms with E-state index in [0.717, 1.165) is 0 Å². The zero-order chi connectivity index (χ0) is 13.8. The Bertz CT molecular complexity index is 619. The van der Waals surface area contributed by atoms with Crippen LogP contribution in [0, 0.1) is 15.9 Å². The van der Waals surface area contributed by atoms with Crippen LogP contribution in [0.3, 0.4) is 0 Å². The monoisotopic (exact) mass is 263 g/mol. The molecule has 1 aromatic carbocycles. The molecule has 0 unspecified atom stereocenters. The molecule has 0 aliphatic heterocycles. The minimum absolute atomic E-state index is 0.293. The van der Waals surface area contributed by atoms with Gasteiger partial charge in [-0.3, -0.25) is 15.5 Å². The van der Waals surface area contributed by atoms with Crippen molar-refractivity contribution in [1.29, 1.82) is 0 Å². The molecule has 2 rings (SSSR count). The van der Waals surface area contributed by atoms with Gasteiger partial charge in [0.15, 0.2) is 5.76 Å². The van der Waals surface area contributed by atoms with E-state index in [-0.39, 0.29) is 11.7 Å². The lowest BCUT2D eigenvalue weighted by atomic mass is 10.3. The molecule has 0 amide bonds. The third-order valence-corrected chi connectivity index (χ3v) is 2.33. The summed E-state index contributed by atoms with van der Waals surface area (Å²) in [5.74, 6) is -0.388. The van der Waals surface area contributed by atoms with Gasteiger partial charge < -0.3 is 4.42 Å². The second-order valence-electron chi connectivity index (χ2n) is 3.71. The van der Waals surface area contributed by atoms with Crippen LogP contribution in [0.2, 0.25) is 0 Å². The molecule has 0 aliphatic carbocycles. The van der Waals surface area contributed by atoms with E-state index in [2.05, 4.69) is 10.5 Å². The first kappa shape index (κ1) is 12.7. The van der Waals surface area contributed by atoms with E-state index in [9.17, 15) is 14.5 Å². The van der Waals surface area contributed by atoms with E-state index in [4.69, 9.17) is 4.42 Å². The van der Waals surface area contributed by atoms with Crippen LogP contribution >= 0.6 is 0 Å². The zero-order valence-electron chi connectivity index (χ0n) is 9.96. The summed E-state index contributed by atoms with van der Waals surface area (Å²) in [6, 6.07) is 8.36. The maximum absolute atomic E-state index is 12.7. The van der Waals surface area contributed by atoms with Gasteiger partial charge in [0.25, 0.3) is 0 Å². The summed E-state index contributed by atoms with van der Waals surface area (Å²) in [6.45, 7) is 1.64. The van der Waals surface area contributed by atoms with Gasteiger partial charge in [-0.1, -0.05) is 0 Å². The van der Waals surface area contributed by atoms with Crippen LogP contribution < -0.4 is 5.43 Å². The smallest absolute Gasteiger partial charge is 0.399 e. The van der Waals surface area contributed by atoms with Crippen LogP contribution in [0.4, 0.5) is 16.0 Å². The summed E-state index contributed by atoms with van der Waals surface area (Å²) in [4.78, 5) is 9.85. The van der Waals surface area contributed by atoms with E-state index >= 15 is 0 Å². The number of nitro groups is 1. The molecule has 1 aromatic heterocycles. The van der Waals surface area contributed by atoms with Crippen LogP contribution in [0.25, 0.3) is 0 Å². The number of hydrazone groups is 1. The van der Waals surface area contributed by atoms with Crippen LogP contribution in [0.5, 0.6) is 0 Å². The lowest BCUT2D eigenvalue weighted by Gasteiger charge is -2.01. The highest BCUT2D eigenvalue weighted by Gasteiger charge is 2.13. The molecular weight excluding hydrogens is 253 g/mol. The van der Waals surface area contributed by atoms with Gasteiger partial charge in [-0.15, -0.1) is 0 Å². The quantitative estimate of drug-likeness (QED) is 0.522. The van der Waals surface area contributed by atoms with Crippen LogP contribution in [0.15, 0.2) is 45.9 Å². The van der Waals surface area contributed by atoms with Crippen molar-refractivity contribution in [2.45, 2.75) is 6.92 Å². The second kappa shape index (κ2) is 5.30. The van der Waals surface area contributed by atoms with E-state index in [1.165, 1.54) is 36.4 Å². The highest BCUT2D eigenvalue weighted by atomic mass is 19.1. The maximum Gasteiger partial charge on any atom is 0.433 e. The minimum Gasteiger partial charge on any atom is -0.399 e. The molecule has 7 heteroatoms. The molecule has 0 spiro atoms. The predicted molar refractivity (Wildman–Crippen MR) is 67.6 cm³/mol. The predicted octanol–water partition coefficient (Wildman–Crippen LogP) is 3.16. The molecule has 6 nitrogen and oxygen atoms in total. The fourth-order valence-electron chi connectivity index (χ4n) is 1.35. The number of anilines is 1. The fourth-order valence-corrected chi connectivity index (χ4v) is 1.35. The Kier molecular flexibility index (Phi) is 3.56. The molecule has 0 atom stereocenters. The van der Waals surface area contributed by atoms with Crippen molar-refractivity contribution in [3.05, 3.63) is 58.1 Å². The summed E-state index contributed by atoms with van der Waals surface area (Å²) >= 11 is 0. The number of furan rings is 1. The highest BCUT2D eigenvalue weighted by molar-refractivity contribution is 5.96. The van der Waals surface area contributed by atoms with Crippen molar-refractivity contribution >= 4 is 17.3 Å². The van der Waals surface area contributed by atoms with Crippen LogP contribution in [-0.4, -0.2) is 10.6 Å². The number of nitrogens with one attached hydrogen (secondary N) is 1. The Morgan fingerprint density at radius 2 is 2.00 bits per heavy atom. The lowest BCUT2D eigenvalue weighted by molar-refractivity contribution is -0.402. The normalized spacial score (nSPS) is 11.4. The number of halogens is 1. The third-order valence-electron chi connectivity index (χ3n) is 2.33. The Labute approximate surface area is 107 Å². The summed E-state index contributed by atoms with van der Waals surface area (Å²) in [6.07, 6.45) is 0. The molecule has 1 N–H and O–H groups in total. The average molecular weight is 263 g/mol. The number of hydrogen-bond donors (Lipinski definition) is 1. The largest absolute Gasteiger partial charge is 0.433 e. The van der Waals surface area contributed by atoms with E-state index < -0.39 is 4.92 Å². The third kappa shape index (κ3) is 3.15. The number of benzene rings is 1. The first-order valence-electron chi connectivity index (χ1n) is 5.37.